The molecule has 0 spiro atoms. The van der Waals surface area contributed by atoms with Gasteiger partial charge in [0.1, 0.15) is 11.5 Å². The normalized spacial score (nSPS) is 11.5. The number of fused-ring (bicyclic) bond motifs is 1. The lowest BCUT2D eigenvalue weighted by Gasteiger charge is -2.19. The number of pyridine rings is 2. The quantitative estimate of drug-likeness (QED) is 0.479. The number of nitrogens with one attached hydrogen (secondary N) is 1. The van der Waals surface area contributed by atoms with Crippen LogP contribution in [0.3, 0.4) is 0 Å². The van der Waals surface area contributed by atoms with E-state index in [2.05, 4.69) is 9.97 Å². The number of aromatic nitrogens is 3. The minimum absolute atomic E-state index is 0.203. The summed E-state index contributed by atoms with van der Waals surface area (Å²) in [6.45, 7) is 0.272. The van der Waals surface area contributed by atoms with Crippen molar-refractivity contribution >= 4 is 28.9 Å². The molecule has 1 amide bonds. The van der Waals surface area contributed by atoms with E-state index in [9.17, 15) is 18.0 Å². The third-order valence-corrected chi connectivity index (χ3v) is 3.49. The number of rotatable bonds is 4. The zero-order chi connectivity index (χ0) is 18.9. The Morgan fingerprint density at radius 2 is 2.04 bits per heavy atom. The van der Waals surface area contributed by atoms with Crippen LogP contribution in [0, 0.1) is 0 Å². The van der Waals surface area contributed by atoms with E-state index in [1.165, 1.54) is 15.6 Å². The van der Waals surface area contributed by atoms with Gasteiger partial charge >= 0.3 is 12.1 Å². The van der Waals surface area contributed by atoms with E-state index in [0.717, 1.165) is 5.56 Å². The van der Waals surface area contributed by atoms with Crippen LogP contribution >= 0.6 is 0 Å². The van der Waals surface area contributed by atoms with Crippen LogP contribution in [0.1, 0.15) is 5.56 Å². The van der Waals surface area contributed by atoms with Crippen molar-refractivity contribution in [2.24, 2.45) is 5.84 Å². The molecular formula is C15H14F3N7O. The summed E-state index contributed by atoms with van der Waals surface area (Å²) in [6.07, 6.45) is -0.522. The average Bonchev–Trinajstić information content (AvgIpc) is 2.95. The van der Waals surface area contributed by atoms with Crippen LogP contribution < -0.4 is 21.9 Å². The first-order valence-electron chi connectivity index (χ1n) is 7.32. The second-order valence-corrected chi connectivity index (χ2v) is 5.42. The molecule has 3 aromatic rings. The molecule has 3 rings (SSSR count). The number of alkyl halides is 3. The smallest absolute Gasteiger partial charge is 0.382 e. The maximum atomic E-state index is 12.3. The molecule has 0 fully saturated rings. The van der Waals surface area contributed by atoms with Crippen molar-refractivity contribution in [1.82, 2.24) is 14.4 Å². The second kappa shape index (κ2) is 6.52. The summed E-state index contributed by atoms with van der Waals surface area (Å²) in [7, 11) is 0. The number of carbonyl (C=O) groups is 1. The summed E-state index contributed by atoms with van der Waals surface area (Å²) < 4.78 is 38.4. The topological polar surface area (TPSA) is 115 Å². The number of carbonyl (C=O) groups excluding carboxylic acids is 1. The Balaban J connectivity index is 1.79. The molecule has 0 radical (unpaired) electrons. The van der Waals surface area contributed by atoms with Gasteiger partial charge in [0.05, 0.1) is 18.4 Å². The Labute approximate surface area is 145 Å². The van der Waals surface area contributed by atoms with Crippen LogP contribution in [-0.4, -0.2) is 26.5 Å². The van der Waals surface area contributed by atoms with Crippen LogP contribution in [-0.2, 0) is 11.3 Å². The van der Waals surface area contributed by atoms with Gasteiger partial charge in [0, 0.05) is 12.4 Å². The molecular weight excluding hydrogens is 351 g/mol. The van der Waals surface area contributed by atoms with Crippen molar-refractivity contribution in [2.45, 2.75) is 12.7 Å². The highest BCUT2D eigenvalue weighted by Gasteiger charge is 2.39. The number of imidazole rings is 1. The number of nitrogens with zero attached hydrogens (tertiary/aromatic N) is 4. The first kappa shape index (κ1) is 17.5. The number of nitrogen functional groups attached to an aromatic ring is 1. The van der Waals surface area contributed by atoms with Gasteiger partial charge in [-0.25, -0.2) is 15.8 Å². The van der Waals surface area contributed by atoms with Gasteiger partial charge in [-0.05, 0) is 23.8 Å². The van der Waals surface area contributed by atoms with Gasteiger partial charge in [0.2, 0.25) is 0 Å². The molecule has 3 aromatic heterocycles. The number of hydrazine groups is 1. The Kier molecular flexibility index (Phi) is 4.38. The molecule has 0 aromatic carbocycles. The highest BCUT2D eigenvalue weighted by Crippen LogP contribution is 2.21. The zero-order valence-electron chi connectivity index (χ0n) is 13.2. The summed E-state index contributed by atoms with van der Waals surface area (Å²) >= 11 is 0. The van der Waals surface area contributed by atoms with E-state index < -0.39 is 12.1 Å². The molecule has 0 bridgehead atoms. The molecule has 26 heavy (non-hydrogen) atoms. The standard InChI is InChI=1S/C15H14F3N7O/c16-15(17,18)14(26)23-11-8-24-6-9(3-4-12(24)22-11)7-25(20)10-2-1-5-21-13(10)19/h1-6,8H,7,20H2,(H2,19,21)(H,23,26). The predicted octanol–water partition coefficient (Wildman–Crippen LogP) is 1.69. The van der Waals surface area contributed by atoms with E-state index in [-0.39, 0.29) is 18.2 Å². The van der Waals surface area contributed by atoms with Crippen LogP contribution in [0.15, 0.2) is 42.9 Å². The first-order chi connectivity index (χ1) is 12.2. The van der Waals surface area contributed by atoms with Gasteiger partial charge in [-0.2, -0.15) is 13.2 Å². The fourth-order valence-electron chi connectivity index (χ4n) is 2.31. The summed E-state index contributed by atoms with van der Waals surface area (Å²) in [4.78, 5) is 18.9. The number of nitrogens with two attached hydrogens (primary N) is 2. The van der Waals surface area contributed by atoms with E-state index in [1.54, 1.807) is 42.0 Å². The van der Waals surface area contributed by atoms with Crippen molar-refractivity contribution in [1.29, 1.82) is 0 Å². The lowest BCUT2D eigenvalue weighted by atomic mass is 10.2. The van der Waals surface area contributed by atoms with Crippen molar-refractivity contribution in [2.75, 3.05) is 16.1 Å². The maximum absolute atomic E-state index is 12.3. The van der Waals surface area contributed by atoms with Crippen LogP contribution in [0.25, 0.3) is 5.65 Å². The molecule has 11 heteroatoms. The first-order valence-corrected chi connectivity index (χ1v) is 7.32. The number of amides is 1. The molecule has 0 unspecified atom stereocenters. The van der Waals surface area contributed by atoms with Gasteiger partial charge in [0.25, 0.3) is 0 Å². The van der Waals surface area contributed by atoms with Crippen LogP contribution in [0.4, 0.5) is 30.5 Å². The van der Waals surface area contributed by atoms with Crippen molar-refractivity contribution in [3.8, 4) is 0 Å². The Morgan fingerprint density at radius 3 is 2.73 bits per heavy atom. The molecule has 0 atom stereocenters. The molecule has 136 valence electrons. The van der Waals surface area contributed by atoms with E-state index in [0.29, 0.717) is 11.3 Å². The Morgan fingerprint density at radius 1 is 1.27 bits per heavy atom. The van der Waals surface area contributed by atoms with Crippen LogP contribution in [0.5, 0.6) is 0 Å². The molecule has 8 nitrogen and oxygen atoms in total. The zero-order valence-corrected chi connectivity index (χ0v) is 13.2. The number of halogens is 3. The molecule has 0 aliphatic rings. The summed E-state index contributed by atoms with van der Waals surface area (Å²) in [5.74, 6) is 3.99. The predicted molar refractivity (Wildman–Crippen MR) is 88.9 cm³/mol. The third-order valence-electron chi connectivity index (χ3n) is 3.49. The van der Waals surface area contributed by atoms with Gasteiger partial charge in [-0.15, -0.1) is 0 Å². The highest BCUT2D eigenvalue weighted by atomic mass is 19.4. The van der Waals surface area contributed by atoms with E-state index in [4.69, 9.17) is 11.6 Å². The summed E-state index contributed by atoms with van der Waals surface area (Å²) in [5, 5.41) is 3.10. The minimum atomic E-state index is -4.98. The maximum Gasteiger partial charge on any atom is 0.471 e. The van der Waals surface area contributed by atoms with Crippen molar-refractivity contribution in [3.05, 3.63) is 48.4 Å². The molecule has 5 N–H and O–H groups in total. The van der Waals surface area contributed by atoms with Crippen LogP contribution in [0.2, 0.25) is 0 Å². The molecule has 0 aliphatic heterocycles. The third kappa shape index (κ3) is 3.67. The van der Waals surface area contributed by atoms with E-state index in [1.807, 2.05) is 0 Å². The Hall–Kier alpha value is -3.34. The SMILES string of the molecule is Nc1ncccc1N(N)Cc1ccc2nc(NC(=O)C(F)(F)F)cn2c1. The van der Waals surface area contributed by atoms with Gasteiger partial charge in [-0.1, -0.05) is 6.07 Å². The second-order valence-electron chi connectivity index (χ2n) is 5.42. The molecule has 0 aliphatic carbocycles. The number of hydrogen-bond acceptors (Lipinski definition) is 6. The number of anilines is 3. The van der Waals surface area contributed by atoms with E-state index >= 15 is 0 Å². The summed E-state index contributed by atoms with van der Waals surface area (Å²) in [5.41, 5.74) is 7.42. The lowest BCUT2D eigenvalue weighted by Crippen LogP contribution is -2.31. The lowest BCUT2D eigenvalue weighted by molar-refractivity contribution is -0.167. The van der Waals surface area contributed by atoms with Crippen molar-refractivity contribution < 1.29 is 18.0 Å². The van der Waals surface area contributed by atoms with Gasteiger partial charge in [0.15, 0.2) is 5.82 Å². The molecule has 0 saturated heterocycles. The average molecular weight is 365 g/mol. The number of hydrogen-bond donors (Lipinski definition) is 3. The Bertz CT molecular complexity index is 954. The largest absolute Gasteiger partial charge is 0.471 e. The minimum Gasteiger partial charge on any atom is -0.382 e. The monoisotopic (exact) mass is 365 g/mol. The molecule has 0 saturated carbocycles. The highest BCUT2D eigenvalue weighted by molar-refractivity contribution is 5.94. The fourth-order valence-corrected chi connectivity index (χ4v) is 2.31. The summed E-state index contributed by atoms with van der Waals surface area (Å²) in [6, 6.07) is 6.71. The van der Waals surface area contributed by atoms with Gasteiger partial charge in [-0.3, -0.25) is 4.79 Å². The van der Waals surface area contributed by atoms with Crippen molar-refractivity contribution in [3.63, 3.8) is 0 Å². The van der Waals surface area contributed by atoms with Gasteiger partial charge < -0.3 is 20.5 Å². The molecule has 3 heterocycles. The fraction of sp³-hybridized carbons (Fsp3) is 0.133.